The fourth-order valence-electron chi connectivity index (χ4n) is 3.62. The highest BCUT2D eigenvalue weighted by Gasteiger charge is 2.05. The van der Waals surface area contributed by atoms with E-state index in [1.165, 1.54) is 5.39 Å². The zero-order chi connectivity index (χ0) is 23.2. The number of aromatic nitrogens is 4. The maximum absolute atomic E-state index is 5.85. The molecule has 3 aromatic heterocycles. The van der Waals surface area contributed by atoms with Crippen LogP contribution in [0.3, 0.4) is 0 Å². The molecule has 0 unspecified atom stereocenters. The zero-order valence-electron chi connectivity index (χ0n) is 18.7. The maximum Gasteiger partial charge on any atom is 0.130 e. The molecule has 0 fully saturated rings. The molecule has 0 spiro atoms. The zero-order valence-corrected chi connectivity index (χ0v) is 18.7. The van der Waals surface area contributed by atoms with Crippen LogP contribution in [-0.4, -0.2) is 27.3 Å². The van der Waals surface area contributed by atoms with E-state index in [2.05, 4.69) is 38.4 Å². The third-order valence-corrected chi connectivity index (χ3v) is 5.36. The molecule has 3 heterocycles. The van der Waals surface area contributed by atoms with E-state index < -0.39 is 0 Å². The molecule has 6 heteroatoms. The average molecular weight is 449 g/mol. The summed E-state index contributed by atoms with van der Waals surface area (Å²) in [5.41, 5.74) is 5.72. The molecular weight excluding hydrogens is 424 g/mol. The molecule has 5 rings (SSSR count). The Morgan fingerprint density at radius 1 is 0.853 bits per heavy atom. The third-order valence-electron chi connectivity index (χ3n) is 5.36. The van der Waals surface area contributed by atoms with Crippen LogP contribution in [0, 0.1) is 0 Å². The summed E-state index contributed by atoms with van der Waals surface area (Å²) in [6, 6.07) is 23.9. The van der Waals surface area contributed by atoms with Crippen LogP contribution in [0.5, 0.6) is 11.5 Å². The fraction of sp³-hybridized carbons (Fsp3) is 0.0714. The first-order valence-corrected chi connectivity index (χ1v) is 11.0. The quantitative estimate of drug-likeness (QED) is 0.296. The van der Waals surface area contributed by atoms with Gasteiger partial charge in [-0.3, -0.25) is 10.1 Å². The van der Waals surface area contributed by atoms with Crippen molar-refractivity contribution in [3.63, 3.8) is 0 Å². The molecule has 34 heavy (non-hydrogen) atoms. The summed E-state index contributed by atoms with van der Waals surface area (Å²) in [6.45, 7) is 0.405. The number of aromatic amines is 2. The van der Waals surface area contributed by atoms with Crippen LogP contribution < -0.4 is 9.47 Å². The van der Waals surface area contributed by atoms with E-state index in [0.29, 0.717) is 6.61 Å². The second-order valence-electron chi connectivity index (χ2n) is 7.74. The average Bonchev–Trinajstić information content (AvgIpc) is 3.52. The van der Waals surface area contributed by atoms with Crippen molar-refractivity contribution < 1.29 is 9.47 Å². The Bertz CT molecular complexity index is 1410. The van der Waals surface area contributed by atoms with Gasteiger partial charge in [0.2, 0.25) is 0 Å². The number of nitrogens with one attached hydrogen (secondary N) is 2. The Balaban J connectivity index is 1.24. The number of benzene rings is 2. The lowest BCUT2D eigenvalue weighted by atomic mass is 10.1. The van der Waals surface area contributed by atoms with E-state index in [-0.39, 0.29) is 0 Å². The predicted molar refractivity (Wildman–Crippen MR) is 136 cm³/mol. The van der Waals surface area contributed by atoms with Crippen LogP contribution in [0.1, 0.15) is 28.3 Å². The van der Waals surface area contributed by atoms with Crippen LogP contribution >= 0.6 is 0 Å². The third kappa shape index (κ3) is 5.07. The van der Waals surface area contributed by atoms with E-state index in [4.69, 9.17) is 9.47 Å². The lowest BCUT2D eigenvalue weighted by Gasteiger charge is -2.09. The second-order valence-corrected chi connectivity index (χ2v) is 7.74. The molecule has 0 saturated heterocycles. The van der Waals surface area contributed by atoms with Crippen LogP contribution in [-0.2, 0) is 6.61 Å². The van der Waals surface area contributed by atoms with Gasteiger partial charge in [0.15, 0.2) is 0 Å². The topological polar surface area (TPSA) is 75.8 Å². The van der Waals surface area contributed by atoms with E-state index in [9.17, 15) is 0 Å². The van der Waals surface area contributed by atoms with Gasteiger partial charge >= 0.3 is 0 Å². The molecule has 0 bridgehead atoms. The number of H-pyrrole nitrogens is 2. The van der Waals surface area contributed by atoms with E-state index >= 15 is 0 Å². The van der Waals surface area contributed by atoms with Crippen molar-refractivity contribution in [2.45, 2.75) is 6.61 Å². The summed E-state index contributed by atoms with van der Waals surface area (Å²) in [4.78, 5) is 7.66. The Kier molecular flexibility index (Phi) is 6.21. The molecule has 0 aliphatic heterocycles. The number of nitrogens with zero attached hydrogens (tertiary/aromatic N) is 2. The van der Waals surface area contributed by atoms with Crippen molar-refractivity contribution in [1.29, 1.82) is 0 Å². The molecule has 0 saturated carbocycles. The number of hydrogen-bond acceptors (Lipinski definition) is 4. The van der Waals surface area contributed by atoms with Gasteiger partial charge in [0.1, 0.15) is 18.1 Å². The largest absolute Gasteiger partial charge is 0.496 e. The van der Waals surface area contributed by atoms with Gasteiger partial charge in [-0.2, -0.15) is 5.10 Å². The molecular formula is C28H24N4O2. The van der Waals surface area contributed by atoms with Crippen LogP contribution in [0.25, 0.3) is 35.2 Å². The van der Waals surface area contributed by atoms with Gasteiger partial charge in [0.05, 0.1) is 24.2 Å². The van der Waals surface area contributed by atoms with Crippen LogP contribution in [0.15, 0.2) is 79.0 Å². The lowest BCUT2D eigenvalue weighted by molar-refractivity contribution is 0.299. The molecule has 5 aromatic rings. The first-order valence-electron chi connectivity index (χ1n) is 11.0. The van der Waals surface area contributed by atoms with E-state index in [0.717, 1.165) is 45.4 Å². The molecule has 0 atom stereocenters. The normalized spacial score (nSPS) is 11.6. The highest BCUT2D eigenvalue weighted by molar-refractivity contribution is 5.84. The minimum absolute atomic E-state index is 0.405. The van der Waals surface area contributed by atoms with Crippen molar-refractivity contribution in [2.24, 2.45) is 0 Å². The molecule has 168 valence electrons. The van der Waals surface area contributed by atoms with Gasteiger partial charge in [-0.1, -0.05) is 24.3 Å². The fourth-order valence-corrected chi connectivity index (χ4v) is 3.62. The van der Waals surface area contributed by atoms with Crippen molar-refractivity contribution in [3.8, 4) is 11.5 Å². The number of fused-ring (bicyclic) bond motifs is 1. The Morgan fingerprint density at radius 2 is 1.74 bits per heavy atom. The molecule has 2 N–H and O–H groups in total. The number of pyridine rings is 1. The number of methoxy groups -OCH3 is 1. The van der Waals surface area contributed by atoms with Crippen molar-refractivity contribution in [1.82, 2.24) is 20.2 Å². The molecule has 0 aliphatic rings. The smallest absolute Gasteiger partial charge is 0.130 e. The first kappa shape index (κ1) is 21.3. The minimum Gasteiger partial charge on any atom is -0.496 e. The maximum atomic E-state index is 5.85. The predicted octanol–water partition coefficient (Wildman–Crippen LogP) is 6.21. The van der Waals surface area contributed by atoms with Gasteiger partial charge < -0.3 is 14.5 Å². The van der Waals surface area contributed by atoms with Crippen molar-refractivity contribution in [2.75, 3.05) is 7.11 Å². The SMILES string of the molecule is COc1cc(OCc2ccccn2)ccc1C=Cc1cc(C=Cc2cc3ccccc3[nH]2)n[nH]1. The van der Waals surface area contributed by atoms with Crippen molar-refractivity contribution in [3.05, 3.63) is 107 Å². The summed E-state index contributed by atoms with van der Waals surface area (Å²) < 4.78 is 11.4. The monoisotopic (exact) mass is 448 g/mol. The highest BCUT2D eigenvalue weighted by Crippen LogP contribution is 2.27. The molecule has 0 radical (unpaired) electrons. The summed E-state index contributed by atoms with van der Waals surface area (Å²) >= 11 is 0. The number of ether oxygens (including phenoxy) is 2. The second kappa shape index (κ2) is 9.92. The van der Waals surface area contributed by atoms with Gasteiger partial charge in [-0.05, 0) is 72.2 Å². The Morgan fingerprint density at radius 3 is 2.59 bits per heavy atom. The van der Waals surface area contributed by atoms with Crippen LogP contribution in [0.4, 0.5) is 0 Å². The number of rotatable bonds is 8. The number of hydrogen-bond donors (Lipinski definition) is 2. The summed E-state index contributed by atoms with van der Waals surface area (Å²) in [7, 11) is 1.65. The summed E-state index contributed by atoms with van der Waals surface area (Å²) in [6.07, 6.45) is 9.72. The highest BCUT2D eigenvalue weighted by atomic mass is 16.5. The first-order chi connectivity index (χ1) is 16.8. The molecule has 0 amide bonds. The van der Waals surface area contributed by atoms with E-state index in [1.54, 1.807) is 13.3 Å². The van der Waals surface area contributed by atoms with Crippen molar-refractivity contribution >= 4 is 35.2 Å². The van der Waals surface area contributed by atoms with E-state index in [1.807, 2.05) is 78.9 Å². The van der Waals surface area contributed by atoms with Crippen LogP contribution in [0.2, 0.25) is 0 Å². The van der Waals surface area contributed by atoms with Gasteiger partial charge in [-0.15, -0.1) is 0 Å². The minimum atomic E-state index is 0.405. The number of para-hydroxylation sites is 1. The van der Waals surface area contributed by atoms with Gasteiger partial charge in [0, 0.05) is 29.0 Å². The van der Waals surface area contributed by atoms with Gasteiger partial charge in [0.25, 0.3) is 0 Å². The standard InChI is InChI=1S/C28H24N4O2/c1-33-28-18-26(34-19-25-7-4-5-15-29-25)14-10-20(28)9-11-23-17-24(32-31-23)13-12-22-16-21-6-2-3-8-27(21)30-22/h2-18,30H,19H2,1H3,(H,31,32). The summed E-state index contributed by atoms with van der Waals surface area (Å²) in [5, 5.41) is 8.62. The molecule has 2 aromatic carbocycles. The Hall–Kier alpha value is -4.58. The molecule has 0 aliphatic carbocycles. The van der Waals surface area contributed by atoms with Gasteiger partial charge in [-0.25, -0.2) is 0 Å². The Labute approximate surface area is 197 Å². The summed E-state index contributed by atoms with van der Waals surface area (Å²) in [5.74, 6) is 1.46. The lowest BCUT2D eigenvalue weighted by Crippen LogP contribution is -1.98. The molecule has 6 nitrogen and oxygen atoms in total.